The van der Waals surface area contributed by atoms with Crippen LogP contribution in [0.15, 0.2) is 36.4 Å². The van der Waals surface area contributed by atoms with E-state index in [-0.39, 0.29) is 22.9 Å². The third-order valence-corrected chi connectivity index (χ3v) is 6.61. The van der Waals surface area contributed by atoms with Gasteiger partial charge in [-0.1, -0.05) is 43.5 Å². The van der Waals surface area contributed by atoms with E-state index in [1.807, 2.05) is 19.9 Å². The lowest BCUT2D eigenvalue weighted by molar-refractivity contribution is 0.296. The second-order valence-corrected chi connectivity index (χ2v) is 8.95. The smallest absolute Gasteiger partial charge is 0.166 e. The van der Waals surface area contributed by atoms with Gasteiger partial charge in [-0.25, -0.2) is 4.68 Å². The van der Waals surface area contributed by atoms with Crippen LogP contribution in [-0.4, -0.2) is 32.2 Å². The van der Waals surface area contributed by atoms with Gasteiger partial charge < -0.3 is 21.1 Å². The molecule has 0 radical (unpaired) electrons. The van der Waals surface area contributed by atoms with Crippen molar-refractivity contribution in [3.63, 3.8) is 0 Å². The summed E-state index contributed by atoms with van der Waals surface area (Å²) in [5.74, 6) is 0.216. The first-order chi connectivity index (χ1) is 14.9. The summed E-state index contributed by atoms with van der Waals surface area (Å²) in [7, 11) is 0. The first kappa shape index (κ1) is 21.8. The minimum Gasteiger partial charge on any atom is -0.733 e. The predicted octanol–water partition coefficient (Wildman–Crippen LogP) is 4.39. The molecule has 0 aliphatic heterocycles. The fourth-order valence-electron chi connectivity index (χ4n) is 4.89. The van der Waals surface area contributed by atoms with E-state index in [1.165, 1.54) is 32.1 Å². The molecule has 0 saturated heterocycles. The zero-order valence-electron chi connectivity index (χ0n) is 18.0. The Balaban J connectivity index is 1.45. The van der Waals surface area contributed by atoms with Crippen molar-refractivity contribution in [3.8, 4) is 5.69 Å². The zero-order chi connectivity index (χ0) is 22.0. The van der Waals surface area contributed by atoms with Crippen LogP contribution in [0.25, 0.3) is 5.69 Å². The van der Waals surface area contributed by atoms with Crippen LogP contribution in [0.3, 0.4) is 0 Å². The summed E-state index contributed by atoms with van der Waals surface area (Å²) >= 11 is 5.55. The number of nitrogens with one attached hydrogen (secondary N) is 2. The predicted molar refractivity (Wildman–Crippen MR) is 127 cm³/mol. The second kappa shape index (κ2) is 9.38. The van der Waals surface area contributed by atoms with Gasteiger partial charge in [0.15, 0.2) is 5.11 Å². The summed E-state index contributed by atoms with van der Waals surface area (Å²) in [6, 6.07) is 7.57. The Hall–Kier alpha value is -2.42. The number of aromatic nitrogens is 2. The topological polar surface area (TPSA) is 88.4 Å². The Morgan fingerprint density at radius 1 is 1.16 bits per heavy atom. The van der Waals surface area contributed by atoms with Gasteiger partial charge >= 0.3 is 0 Å². The van der Waals surface area contributed by atoms with Gasteiger partial charge in [0.2, 0.25) is 0 Å². The molecule has 0 bridgehead atoms. The van der Waals surface area contributed by atoms with Gasteiger partial charge in [0, 0.05) is 29.3 Å². The molecule has 2 aromatic rings. The molecule has 3 N–H and O–H groups in total. The molecular weight excluding hydrogens is 410 g/mol. The van der Waals surface area contributed by atoms with Gasteiger partial charge in [-0.2, -0.15) is 5.10 Å². The van der Waals surface area contributed by atoms with E-state index < -0.39 is 0 Å². The van der Waals surface area contributed by atoms with Crippen molar-refractivity contribution in [2.75, 3.05) is 5.23 Å². The Bertz CT molecular complexity index is 965. The number of rotatable bonds is 5. The average molecular weight is 441 g/mol. The third kappa shape index (κ3) is 4.76. The second-order valence-electron chi connectivity index (χ2n) is 8.54. The van der Waals surface area contributed by atoms with E-state index in [4.69, 9.17) is 12.2 Å². The van der Waals surface area contributed by atoms with Gasteiger partial charge in [-0.05, 0) is 57.5 Å². The summed E-state index contributed by atoms with van der Waals surface area (Å²) in [5.41, 5.74) is 3.75. The van der Waals surface area contributed by atoms with E-state index >= 15 is 0 Å². The molecule has 166 valence electrons. The quantitative estimate of drug-likeness (QED) is 0.361. The lowest BCUT2D eigenvalue weighted by atomic mass is 9.95. The highest BCUT2D eigenvalue weighted by Gasteiger charge is 2.27. The lowest BCUT2D eigenvalue weighted by Gasteiger charge is -2.25. The molecule has 7 nitrogen and oxygen atoms in total. The Morgan fingerprint density at radius 2 is 1.90 bits per heavy atom. The molecule has 4 rings (SSSR count). The van der Waals surface area contributed by atoms with Crippen molar-refractivity contribution in [2.24, 2.45) is 0 Å². The van der Waals surface area contributed by atoms with Crippen LogP contribution in [0.4, 0.5) is 5.69 Å². The van der Waals surface area contributed by atoms with Crippen molar-refractivity contribution >= 4 is 23.0 Å². The number of benzene rings is 1. The fraction of sp³-hybridized carbons (Fsp3) is 0.478. The molecule has 2 aliphatic rings. The summed E-state index contributed by atoms with van der Waals surface area (Å²) in [5, 5.41) is 33.3. The highest BCUT2D eigenvalue weighted by atomic mass is 32.1. The minimum absolute atomic E-state index is 0.110. The van der Waals surface area contributed by atoms with Crippen LogP contribution in [0.1, 0.15) is 61.4 Å². The molecule has 2 aliphatic carbocycles. The molecule has 1 aromatic carbocycles. The number of hydrogen-bond donors (Lipinski definition) is 3. The van der Waals surface area contributed by atoms with Crippen LogP contribution in [0.5, 0.6) is 0 Å². The van der Waals surface area contributed by atoms with E-state index in [1.54, 1.807) is 22.9 Å². The number of para-hydroxylation sites is 2. The van der Waals surface area contributed by atoms with Crippen LogP contribution in [0, 0.1) is 19.1 Å². The zero-order valence-corrected chi connectivity index (χ0v) is 18.9. The van der Waals surface area contributed by atoms with E-state index in [2.05, 4.69) is 27.9 Å². The fourth-order valence-corrected chi connectivity index (χ4v) is 5.21. The van der Waals surface area contributed by atoms with Crippen LogP contribution in [-0.2, 0) is 0 Å². The number of allylic oxidation sites excluding steroid dienone is 1. The lowest BCUT2D eigenvalue weighted by Crippen LogP contribution is -2.45. The first-order valence-electron chi connectivity index (χ1n) is 11.0. The Labute approximate surface area is 188 Å². The summed E-state index contributed by atoms with van der Waals surface area (Å²) < 4.78 is 1.74. The number of aryl methyl sites for hydroxylation is 1. The summed E-state index contributed by atoms with van der Waals surface area (Å²) in [4.78, 5) is 0. The molecule has 31 heavy (non-hydrogen) atoms. The molecule has 0 amide bonds. The molecule has 1 aromatic heterocycles. The highest BCUT2D eigenvalue weighted by molar-refractivity contribution is 7.80. The van der Waals surface area contributed by atoms with Crippen molar-refractivity contribution < 1.29 is 5.21 Å². The molecule has 1 saturated carbocycles. The maximum atomic E-state index is 11.6. The normalized spacial score (nSPS) is 21.3. The third-order valence-electron chi connectivity index (χ3n) is 6.37. The van der Waals surface area contributed by atoms with Crippen molar-refractivity contribution in [1.29, 1.82) is 0 Å². The minimum atomic E-state index is -0.110. The summed E-state index contributed by atoms with van der Waals surface area (Å²) in [6.07, 6.45) is 11.5. The maximum absolute atomic E-state index is 11.6. The number of nitrogens with zero attached hydrogens (tertiary/aromatic N) is 3. The first-order valence-corrected chi connectivity index (χ1v) is 11.4. The Morgan fingerprint density at radius 3 is 2.65 bits per heavy atom. The van der Waals surface area contributed by atoms with Crippen molar-refractivity contribution in [3.05, 3.63) is 58.6 Å². The SMILES string of the molecule is Cc1nn(-c2ccccc2N([O-])O)c(C)c1[C@@H]1C=C[C@@H](NC(=S)NC2CCCCC2)C1. The summed E-state index contributed by atoms with van der Waals surface area (Å²) in [6.45, 7) is 3.99. The van der Waals surface area contributed by atoms with E-state index in [0.29, 0.717) is 11.7 Å². The van der Waals surface area contributed by atoms with Gasteiger partial charge in [0.05, 0.1) is 17.1 Å². The Kier molecular flexibility index (Phi) is 6.60. The van der Waals surface area contributed by atoms with E-state index in [0.717, 1.165) is 28.5 Å². The highest BCUT2D eigenvalue weighted by Crippen LogP contribution is 2.35. The van der Waals surface area contributed by atoms with Gasteiger partial charge in [-0.3, -0.25) is 5.21 Å². The molecule has 1 fully saturated rings. The van der Waals surface area contributed by atoms with Gasteiger partial charge in [-0.15, -0.1) is 0 Å². The number of thiocarbonyl (C=S) groups is 1. The van der Waals surface area contributed by atoms with Crippen LogP contribution in [0.2, 0.25) is 0 Å². The van der Waals surface area contributed by atoms with Crippen molar-refractivity contribution in [1.82, 2.24) is 20.4 Å². The molecule has 0 spiro atoms. The number of anilines is 1. The van der Waals surface area contributed by atoms with Crippen molar-refractivity contribution in [2.45, 2.75) is 70.4 Å². The molecule has 0 unspecified atom stereocenters. The standard InChI is InChI=1S/C23H30N5O2S/c1-15-22(16(2)27(26-15)20-10-6-7-11-21(20)28(29)30)17-12-13-19(14-17)25-23(31)24-18-8-4-3-5-9-18/h6-7,10-13,17-19,29H,3-5,8-9,14H2,1-2H3,(H2,24,25,31)/q-1/t17-,19-/m1/s1. The molecule has 8 heteroatoms. The van der Waals surface area contributed by atoms with Gasteiger partial charge in [0.25, 0.3) is 0 Å². The molecular formula is C23H30N5O2S-. The maximum Gasteiger partial charge on any atom is 0.166 e. The van der Waals surface area contributed by atoms with Gasteiger partial charge in [0.1, 0.15) is 0 Å². The average Bonchev–Trinajstić information content (AvgIpc) is 3.31. The largest absolute Gasteiger partial charge is 0.733 e. The monoisotopic (exact) mass is 440 g/mol. The van der Waals surface area contributed by atoms with Crippen LogP contribution >= 0.6 is 12.2 Å². The molecule has 1 heterocycles. The van der Waals surface area contributed by atoms with Crippen LogP contribution < -0.4 is 15.9 Å². The molecule has 2 atom stereocenters. The number of hydrogen-bond acceptors (Lipinski definition) is 5. The van der Waals surface area contributed by atoms with E-state index in [9.17, 15) is 10.4 Å².